The van der Waals surface area contributed by atoms with Crippen LogP contribution in [0.1, 0.15) is 0 Å². The van der Waals surface area contributed by atoms with Crippen LogP contribution in [0.2, 0.25) is 0 Å². The minimum absolute atomic E-state index is 0.856. The van der Waals surface area contributed by atoms with E-state index in [0.717, 1.165) is 66.5 Å². The van der Waals surface area contributed by atoms with Crippen LogP contribution in [0.25, 0.3) is 66.5 Å². The number of rotatable bonds is 3. The Bertz CT molecular complexity index is 1660. The maximum Gasteiger partial charge on any atom is 0.0965 e. The van der Waals surface area contributed by atoms with Crippen molar-refractivity contribution in [3.8, 4) is 33.4 Å². The van der Waals surface area contributed by atoms with Crippen LogP contribution in [0.3, 0.4) is 0 Å². The SMILES string of the molecule is c1cc(-c2cc(-c3cccc4nccnc34)cc(-c3cccc4nccnc34)c2)c2nccnc2c1. The van der Waals surface area contributed by atoms with E-state index in [1.165, 1.54) is 0 Å². The molecule has 0 saturated carbocycles. The molecule has 0 atom stereocenters. The molecule has 4 aromatic carbocycles. The Morgan fingerprint density at radius 2 is 0.639 bits per heavy atom. The molecule has 0 unspecified atom stereocenters. The molecule has 0 amide bonds. The first-order valence-electron chi connectivity index (χ1n) is 11.6. The Morgan fingerprint density at radius 3 is 0.972 bits per heavy atom. The largest absolute Gasteiger partial charge is 0.253 e. The summed E-state index contributed by atoms with van der Waals surface area (Å²) in [4.78, 5) is 27.5. The summed E-state index contributed by atoms with van der Waals surface area (Å²) in [5.74, 6) is 0. The molecule has 0 spiro atoms. The first-order chi connectivity index (χ1) is 17.8. The number of para-hydroxylation sites is 3. The van der Waals surface area contributed by atoms with E-state index in [0.29, 0.717) is 0 Å². The van der Waals surface area contributed by atoms with Crippen molar-refractivity contribution < 1.29 is 0 Å². The number of hydrogen-bond donors (Lipinski definition) is 0. The van der Waals surface area contributed by atoms with Crippen LogP contribution in [0.15, 0.2) is 110 Å². The van der Waals surface area contributed by atoms with Crippen molar-refractivity contribution in [2.24, 2.45) is 0 Å². The fourth-order valence-electron chi connectivity index (χ4n) is 4.77. The van der Waals surface area contributed by atoms with Gasteiger partial charge in [0.2, 0.25) is 0 Å². The van der Waals surface area contributed by atoms with Gasteiger partial charge in [0.05, 0.1) is 33.1 Å². The van der Waals surface area contributed by atoms with Crippen LogP contribution < -0.4 is 0 Å². The third kappa shape index (κ3) is 3.35. The predicted octanol–water partition coefficient (Wildman–Crippen LogP) is 6.52. The van der Waals surface area contributed by atoms with Gasteiger partial charge in [0.25, 0.3) is 0 Å². The molecule has 3 heterocycles. The van der Waals surface area contributed by atoms with Gasteiger partial charge in [0, 0.05) is 53.9 Å². The molecule has 168 valence electrons. The van der Waals surface area contributed by atoms with Crippen molar-refractivity contribution in [1.29, 1.82) is 0 Å². The van der Waals surface area contributed by atoms with Crippen molar-refractivity contribution in [3.05, 3.63) is 110 Å². The standard InChI is InChI=1S/C30H18N6/c1-4-22(28-25(7-1)31-10-13-34-28)19-16-20(23-5-2-8-26-29(23)35-14-11-32-26)18-21(17-19)24-6-3-9-27-30(24)36-15-12-33-27/h1-18H. The van der Waals surface area contributed by atoms with Crippen molar-refractivity contribution in [1.82, 2.24) is 29.9 Å². The summed E-state index contributed by atoms with van der Waals surface area (Å²) in [6.45, 7) is 0. The molecule has 3 aromatic heterocycles. The van der Waals surface area contributed by atoms with Crippen molar-refractivity contribution in [2.45, 2.75) is 0 Å². The van der Waals surface area contributed by atoms with Gasteiger partial charge in [0.15, 0.2) is 0 Å². The van der Waals surface area contributed by atoms with E-state index in [2.05, 4.69) is 66.3 Å². The first kappa shape index (κ1) is 20.3. The zero-order valence-corrected chi connectivity index (χ0v) is 19.1. The van der Waals surface area contributed by atoms with Gasteiger partial charge in [-0.25, -0.2) is 0 Å². The van der Waals surface area contributed by atoms with Crippen LogP contribution in [-0.2, 0) is 0 Å². The lowest BCUT2D eigenvalue weighted by molar-refractivity contribution is 1.29. The summed E-state index contributed by atoms with van der Waals surface area (Å²) in [5.41, 5.74) is 11.3. The zero-order chi connectivity index (χ0) is 23.9. The number of benzene rings is 4. The molecule has 0 aliphatic carbocycles. The Kier molecular flexibility index (Phi) is 4.67. The van der Waals surface area contributed by atoms with Crippen LogP contribution in [0.4, 0.5) is 0 Å². The Balaban J connectivity index is 1.56. The first-order valence-corrected chi connectivity index (χ1v) is 11.6. The molecule has 36 heavy (non-hydrogen) atoms. The van der Waals surface area contributed by atoms with E-state index in [4.69, 9.17) is 0 Å². The summed E-state index contributed by atoms with van der Waals surface area (Å²) < 4.78 is 0. The summed E-state index contributed by atoms with van der Waals surface area (Å²) in [5, 5.41) is 0. The highest BCUT2D eigenvalue weighted by Gasteiger charge is 2.14. The molecule has 7 aromatic rings. The molecule has 0 aliphatic heterocycles. The predicted molar refractivity (Wildman–Crippen MR) is 142 cm³/mol. The summed E-state index contributed by atoms with van der Waals surface area (Å²) >= 11 is 0. The van der Waals surface area contributed by atoms with Crippen molar-refractivity contribution in [2.75, 3.05) is 0 Å². The molecule has 0 aliphatic rings. The van der Waals surface area contributed by atoms with E-state index in [-0.39, 0.29) is 0 Å². The minimum atomic E-state index is 0.856. The van der Waals surface area contributed by atoms with Crippen molar-refractivity contribution >= 4 is 33.1 Å². The highest BCUT2D eigenvalue weighted by atomic mass is 14.8. The lowest BCUT2D eigenvalue weighted by Crippen LogP contribution is -1.92. The van der Waals surface area contributed by atoms with E-state index in [1.807, 2.05) is 36.4 Å². The van der Waals surface area contributed by atoms with E-state index < -0.39 is 0 Å². The van der Waals surface area contributed by atoms with Crippen LogP contribution in [0.5, 0.6) is 0 Å². The maximum absolute atomic E-state index is 4.66. The highest BCUT2D eigenvalue weighted by molar-refractivity contribution is 5.99. The number of aromatic nitrogens is 6. The molecule has 6 nitrogen and oxygen atoms in total. The van der Waals surface area contributed by atoms with Gasteiger partial charge < -0.3 is 0 Å². The smallest absolute Gasteiger partial charge is 0.0965 e. The van der Waals surface area contributed by atoms with Gasteiger partial charge in [0.1, 0.15) is 0 Å². The topological polar surface area (TPSA) is 77.3 Å². The van der Waals surface area contributed by atoms with Crippen LogP contribution >= 0.6 is 0 Å². The normalized spacial score (nSPS) is 11.3. The Labute approximate surface area is 206 Å². The van der Waals surface area contributed by atoms with Gasteiger partial charge in [-0.3, -0.25) is 29.9 Å². The molecule has 0 N–H and O–H groups in total. The number of hydrogen-bond acceptors (Lipinski definition) is 6. The van der Waals surface area contributed by atoms with Gasteiger partial charge in [-0.15, -0.1) is 0 Å². The molecule has 6 heteroatoms. The number of nitrogens with zero attached hydrogens (tertiary/aromatic N) is 6. The number of fused-ring (bicyclic) bond motifs is 3. The average Bonchev–Trinajstić information content (AvgIpc) is 2.96. The van der Waals surface area contributed by atoms with Gasteiger partial charge in [-0.05, 0) is 53.1 Å². The van der Waals surface area contributed by atoms with Gasteiger partial charge >= 0.3 is 0 Å². The quantitative estimate of drug-likeness (QED) is 0.298. The van der Waals surface area contributed by atoms with E-state index >= 15 is 0 Å². The summed E-state index contributed by atoms with van der Waals surface area (Å²) in [6.07, 6.45) is 10.4. The second-order valence-corrected chi connectivity index (χ2v) is 8.49. The third-order valence-corrected chi connectivity index (χ3v) is 6.36. The van der Waals surface area contributed by atoms with Crippen LogP contribution in [-0.4, -0.2) is 29.9 Å². The molecule has 0 saturated heterocycles. The molecule has 0 fully saturated rings. The molecular weight excluding hydrogens is 444 g/mol. The third-order valence-electron chi connectivity index (χ3n) is 6.36. The molecule has 7 rings (SSSR count). The molecular formula is C30H18N6. The summed E-state index contributed by atoms with van der Waals surface area (Å²) in [6, 6.07) is 24.8. The maximum atomic E-state index is 4.66. The summed E-state index contributed by atoms with van der Waals surface area (Å²) in [7, 11) is 0. The average molecular weight is 463 g/mol. The fourth-order valence-corrected chi connectivity index (χ4v) is 4.77. The van der Waals surface area contributed by atoms with Crippen molar-refractivity contribution in [3.63, 3.8) is 0 Å². The Hall–Kier alpha value is -5.10. The second-order valence-electron chi connectivity index (χ2n) is 8.49. The zero-order valence-electron chi connectivity index (χ0n) is 19.1. The van der Waals surface area contributed by atoms with Gasteiger partial charge in [-0.2, -0.15) is 0 Å². The molecule has 0 radical (unpaired) electrons. The highest BCUT2D eigenvalue weighted by Crippen LogP contribution is 2.37. The lowest BCUT2D eigenvalue weighted by Gasteiger charge is -2.14. The van der Waals surface area contributed by atoms with E-state index in [1.54, 1.807) is 37.2 Å². The lowest BCUT2D eigenvalue weighted by atomic mass is 9.92. The Morgan fingerprint density at radius 1 is 0.333 bits per heavy atom. The van der Waals surface area contributed by atoms with Gasteiger partial charge in [-0.1, -0.05) is 36.4 Å². The molecule has 0 bridgehead atoms. The monoisotopic (exact) mass is 462 g/mol. The second kappa shape index (κ2) is 8.29. The minimum Gasteiger partial charge on any atom is -0.253 e. The van der Waals surface area contributed by atoms with E-state index in [9.17, 15) is 0 Å². The van der Waals surface area contributed by atoms with Crippen LogP contribution in [0, 0.1) is 0 Å². The fraction of sp³-hybridized carbons (Fsp3) is 0.